The molecule has 3 N–H and O–H groups in total. The lowest BCUT2D eigenvalue weighted by atomic mass is 10.2. The second kappa shape index (κ2) is 4.76. The number of H-pyrrole nitrogens is 1. The SMILES string of the molecule is CN(C)S(=O)(=O)Nc1c(C(=O)O)[nH]c2ccc(F)cc12. The van der Waals surface area contributed by atoms with Crippen molar-refractivity contribution in [3.8, 4) is 0 Å². The van der Waals surface area contributed by atoms with Gasteiger partial charge in [-0.3, -0.25) is 4.72 Å². The van der Waals surface area contributed by atoms with E-state index in [9.17, 15) is 17.6 Å². The molecule has 2 aromatic rings. The second-order valence-electron chi connectivity index (χ2n) is 4.26. The highest BCUT2D eigenvalue weighted by molar-refractivity contribution is 7.90. The lowest BCUT2D eigenvalue weighted by molar-refractivity contribution is 0.0692. The van der Waals surface area contributed by atoms with Gasteiger partial charge < -0.3 is 10.1 Å². The van der Waals surface area contributed by atoms with E-state index in [4.69, 9.17) is 5.11 Å². The number of carboxylic acid groups (broad SMARTS) is 1. The monoisotopic (exact) mass is 301 g/mol. The lowest BCUT2D eigenvalue weighted by Crippen LogP contribution is -2.29. The fraction of sp³-hybridized carbons (Fsp3) is 0.182. The van der Waals surface area contributed by atoms with Gasteiger partial charge in [0.1, 0.15) is 11.5 Å². The summed E-state index contributed by atoms with van der Waals surface area (Å²) in [5.74, 6) is -1.95. The number of fused-ring (bicyclic) bond motifs is 1. The van der Waals surface area contributed by atoms with Crippen molar-refractivity contribution in [2.24, 2.45) is 0 Å². The van der Waals surface area contributed by atoms with Gasteiger partial charge in [0.25, 0.3) is 0 Å². The first kappa shape index (κ1) is 14.3. The Balaban J connectivity index is 2.69. The molecule has 0 aliphatic rings. The minimum atomic E-state index is -3.90. The van der Waals surface area contributed by atoms with Crippen molar-refractivity contribution < 1.29 is 22.7 Å². The zero-order chi connectivity index (χ0) is 15.1. The van der Waals surface area contributed by atoms with Crippen molar-refractivity contribution in [3.63, 3.8) is 0 Å². The quantitative estimate of drug-likeness (QED) is 0.790. The standard InChI is InChI=1S/C11H12FN3O4S/c1-15(2)20(18,19)14-9-7-5-6(12)3-4-8(7)13-10(9)11(16)17/h3-5,13-14H,1-2H3,(H,16,17). The van der Waals surface area contributed by atoms with Crippen LogP contribution in [-0.4, -0.2) is 42.9 Å². The van der Waals surface area contributed by atoms with Crippen LogP contribution in [-0.2, 0) is 10.2 Å². The molecule has 2 rings (SSSR count). The van der Waals surface area contributed by atoms with Crippen LogP contribution >= 0.6 is 0 Å². The first-order valence-electron chi connectivity index (χ1n) is 5.47. The van der Waals surface area contributed by atoms with Crippen LogP contribution in [0.15, 0.2) is 18.2 Å². The van der Waals surface area contributed by atoms with E-state index >= 15 is 0 Å². The minimum absolute atomic E-state index is 0.146. The van der Waals surface area contributed by atoms with Crippen molar-refractivity contribution >= 4 is 32.8 Å². The average Bonchev–Trinajstić information content (AvgIpc) is 2.67. The number of anilines is 1. The number of hydrogen-bond donors (Lipinski definition) is 3. The van der Waals surface area contributed by atoms with Gasteiger partial charge in [-0.25, -0.2) is 9.18 Å². The third-order valence-electron chi connectivity index (χ3n) is 2.69. The van der Waals surface area contributed by atoms with Gasteiger partial charge in [-0.2, -0.15) is 12.7 Å². The number of nitrogens with one attached hydrogen (secondary N) is 2. The molecular formula is C11H12FN3O4S. The smallest absolute Gasteiger partial charge is 0.354 e. The Bertz CT molecular complexity index is 782. The van der Waals surface area contributed by atoms with E-state index < -0.39 is 22.0 Å². The maximum atomic E-state index is 13.3. The predicted molar refractivity (Wildman–Crippen MR) is 71.4 cm³/mol. The van der Waals surface area contributed by atoms with Gasteiger partial charge in [-0.15, -0.1) is 0 Å². The van der Waals surface area contributed by atoms with E-state index in [1.54, 1.807) is 0 Å². The van der Waals surface area contributed by atoms with E-state index in [2.05, 4.69) is 9.71 Å². The maximum Gasteiger partial charge on any atom is 0.354 e. The van der Waals surface area contributed by atoms with Crippen molar-refractivity contribution in [1.29, 1.82) is 0 Å². The van der Waals surface area contributed by atoms with Crippen molar-refractivity contribution in [2.45, 2.75) is 0 Å². The molecule has 0 saturated carbocycles. The summed E-state index contributed by atoms with van der Waals surface area (Å²) in [6, 6.07) is 3.55. The molecular weight excluding hydrogens is 289 g/mol. The Labute approximate surface area is 114 Å². The van der Waals surface area contributed by atoms with E-state index in [1.807, 2.05) is 0 Å². The molecule has 0 aliphatic carbocycles. The zero-order valence-corrected chi connectivity index (χ0v) is 11.5. The third kappa shape index (κ3) is 2.45. The molecule has 0 spiro atoms. The molecule has 0 radical (unpaired) electrons. The highest BCUT2D eigenvalue weighted by Crippen LogP contribution is 2.29. The first-order valence-corrected chi connectivity index (χ1v) is 6.91. The largest absolute Gasteiger partial charge is 0.477 e. The Kier molecular flexibility index (Phi) is 3.40. The molecule has 7 nitrogen and oxygen atoms in total. The molecule has 108 valence electrons. The van der Waals surface area contributed by atoms with Crippen LogP contribution < -0.4 is 4.72 Å². The molecule has 0 aliphatic heterocycles. The van der Waals surface area contributed by atoms with Crippen LogP contribution in [0.4, 0.5) is 10.1 Å². The molecule has 0 saturated heterocycles. The number of rotatable bonds is 4. The Morgan fingerprint density at radius 2 is 2.05 bits per heavy atom. The predicted octanol–water partition coefficient (Wildman–Crippen LogP) is 1.22. The number of aromatic amines is 1. The summed E-state index contributed by atoms with van der Waals surface area (Å²) in [7, 11) is -1.32. The fourth-order valence-corrected chi connectivity index (χ4v) is 2.30. The van der Waals surface area contributed by atoms with Gasteiger partial charge in [0, 0.05) is 25.0 Å². The van der Waals surface area contributed by atoms with Gasteiger partial charge in [-0.1, -0.05) is 0 Å². The van der Waals surface area contributed by atoms with Crippen molar-refractivity contribution in [3.05, 3.63) is 29.7 Å². The summed E-state index contributed by atoms with van der Waals surface area (Å²) in [6.07, 6.45) is 0. The third-order valence-corrected chi connectivity index (χ3v) is 4.11. The molecule has 1 aromatic heterocycles. The molecule has 9 heteroatoms. The van der Waals surface area contributed by atoms with Crippen LogP contribution in [0.5, 0.6) is 0 Å². The summed E-state index contributed by atoms with van der Waals surface area (Å²) >= 11 is 0. The fourth-order valence-electron chi connectivity index (χ4n) is 1.65. The summed E-state index contributed by atoms with van der Waals surface area (Å²) in [4.78, 5) is 13.7. The van der Waals surface area contributed by atoms with Crippen LogP contribution in [0.25, 0.3) is 10.9 Å². The van der Waals surface area contributed by atoms with Gasteiger partial charge in [0.05, 0.1) is 5.69 Å². The number of halogens is 1. The van der Waals surface area contributed by atoms with Crippen LogP contribution in [0, 0.1) is 5.82 Å². The van der Waals surface area contributed by atoms with Gasteiger partial charge in [0.2, 0.25) is 0 Å². The molecule has 20 heavy (non-hydrogen) atoms. The number of benzene rings is 1. The second-order valence-corrected chi connectivity index (χ2v) is 6.14. The number of carboxylic acids is 1. The van der Waals surface area contributed by atoms with E-state index in [1.165, 1.54) is 20.2 Å². The van der Waals surface area contributed by atoms with Gasteiger partial charge in [0.15, 0.2) is 0 Å². The van der Waals surface area contributed by atoms with Crippen LogP contribution in [0.3, 0.4) is 0 Å². The Morgan fingerprint density at radius 3 is 2.60 bits per heavy atom. The van der Waals surface area contributed by atoms with Crippen LogP contribution in [0.2, 0.25) is 0 Å². The highest BCUT2D eigenvalue weighted by Gasteiger charge is 2.23. The summed E-state index contributed by atoms with van der Waals surface area (Å²) in [5.41, 5.74) is -0.225. The Morgan fingerprint density at radius 1 is 1.40 bits per heavy atom. The maximum absolute atomic E-state index is 13.3. The van der Waals surface area contributed by atoms with E-state index in [0.29, 0.717) is 5.52 Å². The van der Waals surface area contributed by atoms with E-state index in [0.717, 1.165) is 16.4 Å². The number of nitrogens with zero attached hydrogens (tertiary/aromatic N) is 1. The van der Waals surface area contributed by atoms with Gasteiger partial charge in [-0.05, 0) is 18.2 Å². The zero-order valence-electron chi connectivity index (χ0n) is 10.6. The molecule has 0 unspecified atom stereocenters. The van der Waals surface area contributed by atoms with E-state index in [-0.39, 0.29) is 16.8 Å². The molecule has 0 atom stereocenters. The minimum Gasteiger partial charge on any atom is -0.477 e. The Hall–Kier alpha value is -2.13. The molecule has 1 aromatic carbocycles. The summed E-state index contributed by atoms with van der Waals surface area (Å²) in [6.45, 7) is 0. The summed E-state index contributed by atoms with van der Waals surface area (Å²) < 4.78 is 39.9. The molecule has 0 amide bonds. The number of aromatic nitrogens is 1. The van der Waals surface area contributed by atoms with Gasteiger partial charge >= 0.3 is 16.2 Å². The number of aromatic carboxylic acids is 1. The topological polar surface area (TPSA) is 102 Å². The summed E-state index contributed by atoms with van der Waals surface area (Å²) in [5, 5.41) is 9.24. The highest BCUT2D eigenvalue weighted by atomic mass is 32.2. The normalized spacial score (nSPS) is 12.0. The average molecular weight is 301 g/mol. The lowest BCUT2D eigenvalue weighted by Gasteiger charge is -2.13. The number of carbonyl (C=O) groups is 1. The molecule has 1 heterocycles. The first-order chi connectivity index (χ1) is 9.22. The molecule has 0 bridgehead atoms. The van der Waals surface area contributed by atoms with Crippen molar-refractivity contribution in [1.82, 2.24) is 9.29 Å². The van der Waals surface area contributed by atoms with Crippen LogP contribution in [0.1, 0.15) is 10.5 Å². The molecule has 0 fully saturated rings. The number of hydrogen-bond acceptors (Lipinski definition) is 3. The van der Waals surface area contributed by atoms with Crippen molar-refractivity contribution in [2.75, 3.05) is 18.8 Å².